The van der Waals surface area contributed by atoms with Gasteiger partial charge in [-0.2, -0.15) is 0 Å². The van der Waals surface area contributed by atoms with E-state index in [0.29, 0.717) is 0 Å². The molecule has 2 atom stereocenters. The number of benzene rings is 1. The molecule has 134 valence electrons. The van der Waals surface area contributed by atoms with E-state index in [9.17, 15) is 0 Å². The maximum absolute atomic E-state index is 5.16. The highest BCUT2D eigenvalue weighted by Crippen LogP contribution is 2.51. The molecule has 1 saturated heterocycles. The van der Waals surface area contributed by atoms with Crippen LogP contribution >= 0.6 is 7.92 Å². The van der Waals surface area contributed by atoms with Crippen molar-refractivity contribution < 1.29 is 0 Å². The van der Waals surface area contributed by atoms with E-state index in [-0.39, 0.29) is 7.92 Å². The molecule has 0 N–H and O–H groups in total. The lowest BCUT2D eigenvalue weighted by molar-refractivity contribution is 0.553. The Morgan fingerprint density at radius 2 is 1.62 bits per heavy atom. The molecule has 1 heterocycles. The second-order valence-electron chi connectivity index (χ2n) is 7.19. The van der Waals surface area contributed by atoms with Gasteiger partial charge in [0, 0.05) is 11.4 Å². The zero-order valence-electron chi connectivity index (χ0n) is 15.8. The molecule has 2 unspecified atom stereocenters. The highest BCUT2D eigenvalue weighted by atomic mass is 31.1. The molecular weight excluding hydrogens is 309 g/mol. The predicted molar refractivity (Wildman–Crippen MR) is 111 cm³/mol. The van der Waals surface area contributed by atoms with Gasteiger partial charge >= 0.3 is 0 Å². The summed E-state index contributed by atoms with van der Waals surface area (Å²) in [6, 6.07) is 10.7. The Bertz CT molecular complexity index is 446. The summed E-state index contributed by atoms with van der Waals surface area (Å²) in [4.78, 5) is 5.16. The fraction of sp³-hybridized carbons (Fsp3) is 0.682. The average Bonchev–Trinajstić information content (AvgIpc) is 2.98. The second kappa shape index (κ2) is 11.8. The van der Waals surface area contributed by atoms with Crippen molar-refractivity contribution in [3.8, 4) is 0 Å². The lowest BCUT2D eigenvalue weighted by Gasteiger charge is -2.16. The third kappa shape index (κ3) is 6.67. The van der Waals surface area contributed by atoms with Crippen LogP contribution in [0.3, 0.4) is 0 Å². The number of para-hydroxylation sites is 1. The maximum atomic E-state index is 5.16. The van der Waals surface area contributed by atoms with E-state index in [4.69, 9.17) is 4.99 Å². The SMILES string of the molecule is CCCCCCC1CCP(CCCCCC)C1=Nc1ccccc1. The molecule has 0 radical (unpaired) electrons. The van der Waals surface area contributed by atoms with E-state index in [1.165, 1.54) is 82.2 Å². The van der Waals surface area contributed by atoms with Gasteiger partial charge in [0.15, 0.2) is 0 Å². The minimum Gasteiger partial charge on any atom is -0.253 e. The number of aliphatic imine (C=N–C) groups is 1. The van der Waals surface area contributed by atoms with Gasteiger partial charge in [0.2, 0.25) is 0 Å². The second-order valence-corrected chi connectivity index (χ2v) is 9.62. The Kier molecular flexibility index (Phi) is 9.66. The number of hydrogen-bond donors (Lipinski definition) is 0. The van der Waals surface area contributed by atoms with Gasteiger partial charge in [-0.25, -0.2) is 0 Å². The lowest BCUT2D eigenvalue weighted by Crippen LogP contribution is -2.07. The largest absolute Gasteiger partial charge is 0.253 e. The van der Waals surface area contributed by atoms with E-state index in [0.717, 1.165) is 5.92 Å². The van der Waals surface area contributed by atoms with Crippen molar-refractivity contribution in [2.45, 2.75) is 78.1 Å². The van der Waals surface area contributed by atoms with Gasteiger partial charge in [0.1, 0.15) is 0 Å². The Morgan fingerprint density at radius 3 is 2.33 bits per heavy atom. The molecule has 1 nitrogen and oxygen atoms in total. The molecule has 1 aliphatic rings. The molecule has 0 aliphatic carbocycles. The van der Waals surface area contributed by atoms with Gasteiger partial charge < -0.3 is 0 Å². The van der Waals surface area contributed by atoms with Gasteiger partial charge in [-0.05, 0) is 43.7 Å². The van der Waals surface area contributed by atoms with Crippen molar-refractivity contribution in [1.82, 2.24) is 0 Å². The first-order chi connectivity index (χ1) is 11.8. The van der Waals surface area contributed by atoms with Crippen LogP contribution in [-0.4, -0.2) is 17.8 Å². The van der Waals surface area contributed by atoms with Gasteiger partial charge in [-0.3, -0.25) is 4.99 Å². The van der Waals surface area contributed by atoms with Crippen LogP contribution in [0.15, 0.2) is 35.3 Å². The molecule has 1 aromatic rings. The van der Waals surface area contributed by atoms with Crippen LogP contribution in [0.25, 0.3) is 0 Å². The van der Waals surface area contributed by atoms with E-state index < -0.39 is 0 Å². The fourth-order valence-corrected chi connectivity index (χ4v) is 6.60. The summed E-state index contributed by atoms with van der Waals surface area (Å²) >= 11 is 0. The summed E-state index contributed by atoms with van der Waals surface area (Å²) in [5, 5.41) is 0. The molecule has 0 bridgehead atoms. The topological polar surface area (TPSA) is 12.4 Å². The van der Waals surface area contributed by atoms with Crippen molar-refractivity contribution in [2.75, 3.05) is 12.3 Å². The molecular formula is C22H36NP. The van der Waals surface area contributed by atoms with Crippen molar-refractivity contribution in [3.63, 3.8) is 0 Å². The first-order valence-electron chi connectivity index (χ1n) is 10.2. The molecule has 1 aromatic carbocycles. The lowest BCUT2D eigenvalue weighted by atomic mass is 9.99. The quantitative estimate of drug-likeness (QED) is 0.287. The zero-order valence-corrected chi connectivity index (χ0v) is 16.7. The maximum Gasteiger partial charge on any atom is 0.0633 e. The van der Waals surface area contributed by atoms with E-state index in [1.807, 2.05) is 0 Å². The Morgan fingerprint density at radius 1 is 0.917 bits per heavy atom. The van der Waals surface area contributed by atoms with Crippen molar-refractivity contribution in [1.29, 1.82) is 0 Å². The van der Waals surface area contributed by atoms with Crippen LogP contribution in [0, 0.1) is 5.92 Å². The first kappa shape index (κ1) is 19.6. The van der Waals surface area contributed by atoms with Crippen molar-refractivity contribution in [2.24, 2.45) is 10.9 Å². The molecule has 0 amide bonds. The first-order valence-corrected chi connectivity index (χ1v) is 11.9. The molecule has 2 rings (SSSR count). The van der Waals surface area contributed by atoms with Crippen LogP contribution in [0.5, 0.6) is 0 Å². The molecule has 24 heavy (non-hydrogen) atoms. The van der Waals surface area contributed by atoms with Crippen molar-refractivity contribution >= 4 is 19.1 Å². The predicted octanol–water partition coefficient (Wildman–Crippen LogP) is 7.77. The summed E-state index contributed by atoms with van der Waals surface area (Å²) in [6.07, 6.45) is 16.7. The Hall–Kier alpha value is -0.680. The van der Waals surface area contributed by atoms with E-state index in [1.54, 1.807) is 5.45 Å². The Balaban J connectivity index is 1.97. The normalized spacial score (nSPS) is 22.3. The standard InChI is InChI=1S/C22H36NP/c1-3-5-7-10-14-20-17-19-24(18-13-8-6-4-2)22(20)23-21-15-11-9-12-16-21/h9,11-12,15-16,20H,3-8,10,13-14,17-19H2,1-2H3. The van der Waals surface area contributed by atoms with Crippen molar-refractivity contribution in [3.05, 3.63) is 30.3 Å². The van der Waals surface area contributed by atoms with Crippen LogP contribution in [0.1, 0.15) is 78.1 Å². The van der Waals surface area contributed by atoms with Gasteiger partial charge in [-0.15, -0.1) is 0 Å². The number of unbranched alkanes of at least 4 members (excludes halogenated alkanes) is 6. The van der Waals surface area contributed by atoms with Gasteiger partial charge in [-0.1, -0.05) is 84.9 Å². The highest BCUT2D eigenvalue weighted by Gasteiger charge is 2.30. The molecule has 1 fully saturated rings. The zero-order chi connectivity index (χ0) is 17.0. The summed E-state index contributed by atoms with van der Waals surface area (Å²) in [7, 11) is 0.0374. The number of hydrogen-bond acceptors (Lipinski definition) is 1. The van der Waals surface area contributed by atoms with Crippen LogP contribution < -0.4 is 0 Å². The van der Waals surface area contributed by atoms with Crippen LogP contribution in [0.2, 0.25) is 0 Å². The third-order valence-corrected chi connectivity index (χ3v) is 7.89. The van der Waals surface area contributed by atoms with Crippen LogP contribution in [0.4, 0.5) is 5.69 Å². The number of rotatable bonds is 11. The monoisotopic (exact) mass is 345 g/mol. The summed E-state index contributed by atoms with van der Waals surface area (Å²) in [5.41, 5.74) is 2.78. The van der Waals surface area contributed by atoms with E-state index in [2.05, 4.69) is 44.2 Å². The van der Waals surface area contributed by atoms with Gasteiger partial charge in [0.05, 0.1) is 5.69 Å². The highest BCUT2D eigenvalue weighted by molar-refractivity contribution is 7.75. The molecule has 0 spiro atoms. The van der Waals surface area contributed by atoms with E-state index >= 15 is 0 Å². The number of nitrogens with zero attached hydrogens (tertiary/aromatic N) is 1. The van der Waals surface area contributed by atoms with Gasteiger partial charge in [0.25, 0.3) is 0 Å². The average molecular weight is 346 g/mol. The molecule has 1 aliphatic heterocycles. The minimum absolute atomic E-state index is 0.0374. The summed E-state index contributed by atoms with van der Waals surface area (Å²) < 4.78 is 0. The molecule has 2 heteroatoms. The van der Waals surface area contributed by atoms with Crippen LogP contribution in [-0.2, 0) is 0 Å². The molecule has 0 saturated carbocycles. The third-order valence-electron chi connectivity index (χ3n) is 5.12. The molecule has 0 aromatic heterocycles. The fourth-order valence-electron chi connectivity index (χ4n) is 3.66. The minimum atomic E-state index is 0.0374. The summed E-state index contributed by atoms with van der Waals surface area (Å²) in [5.74, 6) is 0.777. The smallest absolute Gasteiger partial charge is 0.0633 e. The Labute approximate surface area is 151 Å². The summed E-state index contributed by atoms with van der Waals surface area (Å²) in [6.45, 7) is 4.60.